The van der Waals surface area contributed by atoms with Crippen LogP contribution in [0.2, 0.25) is 10.0 Å². The number of piperidine rings is 1. The third kappa shape index (κ3) is 6.10. The number of rotatable bonds is 9. The second-order valence-electron chi connectivity index (χ2n) is 11.4. The van der Waals surface area contributed by atoms with E-state index in [1.165, 1.54) is 24.0 Å². The molecule has 0 spiro atoms. The molecule has 1 atom stereocenters. The molecule has 1 saturated carbocycles. The van der Waals surface area contributed by atoms with Gasteiger partial charge in [0.15, 0.2) is 0 Å². The number of hydrogen-bond acceptors (Lipinski definition) is 2. The van der Waals surface area contributed by atoms with Crippen LogP contribution < -0.4 is 0 Å². The summed E-state index contributed by atoms with van der Waals surface area (Å²) in [6.45, 7) is 14.4. The topological polar surface area (TPSA) is 6.48 Å². The molecule has 0 aromatic heterocycles. The van der Waals surface area contributed by atoms with Crippen LogP contribution in [0, 0.1) is 11.7 Å². The molecule has 2 aliphatic heterocycles. The van der Waals surface area contributed by atoms with Gasteiger partial charge in [0.05, 0.1) is 0 Å². The summed E-state index contributed by atoms with van der Waals surface area (Å²) >= 11 is 12.8. The molecule has 1 aliphatic carbocycles. The SMILES string of the molecule is C=C(C)C1CCCN1C(=C)c1cc(C2CC2)c(CCC2CCN(Cc3c(Cl)cccc3Cl)CC2)cc1F. The fourth-order valence-corrected chi connectivity index (χ4v) is 6.82. The Bertz CT molecular complexity index is 1140. The first-order valence-electron chi connectivity index (χ1n) is 13.9. The van der Waals surface area contributed by atoms with Crippen molar-refractivity contribution in [3.63, 3.8) is 0 Å². The molecule has 3 aliphatic rings. The zero-order chi connectivity index (χ0) is 26.1. The van der Waals surface area contributed by atoms with E-state index in [1.54, 1.807) is 0 Å². The van der Waals surface area contributed by atoms with Crippen molar-refractivity contribution in [1.29, 1.82) is 0 Å². The van der Waals surface area contributed by atoms with Gasteiger partial charge in [0.2, 0.25) is 0 Å². The summed E-state index contributed by atoms with van der Waals surface area (Å²) in [5.41, 5.74) is 6.24. The number of halogens is 3. The van der Waals surface area contributed by atoms with Crippen LogP contribution in [0.1, 0.15) is 80.0 Å². The summed E-state index contributed by atoms with van der Waals surface area (Å²) in [6, 6.07) is 9.96. The van der Waals surface area contributed by atoms with Gasteiger partial charge in [0, 0.05) is 46.0 Å². The van der Waals surface area contributed by atoms with Crippen molar-refractivity contribution < 1.29 is 4.39 Å². The normalized spacial score (nSPS) is 21.0. The maximum Gasteiger partial charge on any atom is 0.132 e. The minimum atomic E-state index is -0.122. The third-order valence-electron chi connectivity index (χ3n) is 8.70. The predicted molar refractivity (Wildman–Crippen MR) is 155 cm³/mol. The van der Waals surface area contributed by atoms with Gasteiger partial charge in [-0.3, -0.25) is 4.90 Å². The number of benzene rings is 2. The molecule has 2 heterocycles. The first-order chi connectivity index (χ1) is 17.8. The fourth-order valence-electron chi connectivity index (χ4n) is 6.30. The van der Waals surface area contributed by atoms with E-state index in [0.717, 1.165) is 91.6 Å². The molecule has 5 rings (SSSR count). The van der Waals surface area contributed by atoms with E-state index in [4.69, 9.17) is 23.2 Å². The molecular weight excluding hydrogens is 502 g/mol. The van der Waals surface area contributed by atoms with E-state index < -0.39 is 0 Å². The maximum atomic E-state index is 15.5. The Kier molecular flexibility index (Phi) is 8.34. The van der Waals surface area contributed by atoms with E-state index in [9.17, 15) is 0 Å². The molecule has 1 unspecified atom stereocenters. The number of aryl methyl sites for hydroxylation is 1. The van der Waals surface area contributed by atoms with E-state index >= 15 is 4.39 Å². The molecule has 0 amide bonds. The molecule has 0 radical (unpaired) electrons. The molecule has 5 heteroatoms. The van der Waals surface area contributed by atoms with Crippen LogP contribution in [0.4, 0.5) is 4.39 Å². The minimum absolute atomic E-state index is 0.122. The van der Waals surface area contributed by atoms with Gasteiger partial charge in [-0.25, -0.2) is 4.39 Å². The number of nitrogens with zero attached hydrogens (tertiary/aromatic N) is 2. The van der Waals surface area contributed by atoms with Crippen LogP contribution in [0.25, 0.3) is 5.70 Å². The first-order valence-corrected chi connectivity index (χ1v) is 14.7. The van der Waals surface area contributed by atoms with E-state index in [-0.39, 0.29) is 11.9 Å². The van der Waals surface area contributed by atoms with Gasteiger partial charge in [0.25, 0.3) is 0 Å². The summed E-state index contributed by atoms with van der Waals surface area (Å²) < 4.78 is 15.5. The standard InChI is InChI=1S/C32H39Cl2FN2/c1-21(2)32-8-5-15-37(32)22(3)26-19-27(24-11-12-24)25(18-31(26)35)10-9-23-13-16-36(17-14-23)20-28-29(33)6-4-7-30(28)34/h4,6-7,18-19,23-24,32H,1,3,5,8-17,20H2,2H3. The van der Waals surface area contributed by atoms with Gasteiger partial charge < -0.3 is 4.90 Å². The second kappa shape index (κ2) is 11.5. The zero-order valence-corrected chi connectivity index (χ0v) is 23.6. The Hall–Kier alpha value is -1.81. The minimum Gasteiger partial charge on any atom is -0.365 e. The van der Waals surface area contributed by atoms with Crippen molar-refractivity contribution in [3.05, 3.63) is 87.2 Å². The van der Waals surface area contributed by atoms with Gasteiger partial charge >= 0.3 is 0 Å². The number of hydrogen-bond donors (Lipinski definition) is 0. The Balaban J connectivity index is 1.21. The Morgan fingerprint density at radius 2 is 1.70 bits per heavy atom. The Labute approximate surface area is 232 Å². The molecule has 0 bridgehead atoms. The molecule has 2 aromatic carbocycles. The highest BCUT2D eigenvalue weighted by molar-refractivity contribution is 6.35. The van der Waals surface area contributed by atoms with E-state index in [2.05, 4.69) is 35.9 Å². The Morgan fingerprint density at radius 1 is 1.00 bits per heavy atom. The highest BCUT2D eigenvalue weighted by Gasteiger charge is 2.31. The van der Waals surface area contributed by atoms with Crippen LogP contribution in [-0.4, -0.2) is 35.5 Å². The predicted octanol–water partition coefficient (Wildman–Crippen LogP) is 8.87. The molecule has 2 nitrogen and oxygen atoms in total. The third-order valence-corrected chi connectivity index (χ3v) is 9.41. The van der Waals surface area contributed by atoms with Crippen molar-refractivity contribution in [3.8, 4) is 0 Å². The number of likely N-dealkylation sites (tertiary alicyclic amines) is 2. The molecule has 2 saturated heterocycles. The highest BCUT2D eigenvalue weighted by atomic mass is 35.5. The summed E-state index contributed by atoms with van der Waals surface area (Å²) in [6.07, 6.45) is 9.00. The van der Waals surface area contributed by atoms with Crippen molar-refractivity contribution in [2.24, 2.45) is 5.92 Å². The van der Waals surface area contributed by atoms with Gasteiger partial charge in [-0.05, 0) is 119 Å². The average Bonchev–Trinajstić information content (AvgIpc) is 3.60. The van der Waals surface area contributed by atoms with Crippen LogP contribution in [-0.2, 0) is 13.0 Å². The Morgan fingerprint density at radius 3 is 2.35 bits per heavy atom. The summed E-state index contributed by atoms with van der Waals surface area (Å²) in [4.78, 5) is 4.72. The van der Waals surface area contributed by atoms with Crippen LogP contribution in [0.5, 0.6) is 0 Å². The molecular formula is C32H39Cl2FN2. The lowest BCUT2D eigenvalue weighted by atomic mass is 9.88. The summed E-state index contributed by atoms with van der Waals surface area (Å²) in [5.74, 6) is 1.13. The maximum absolute atomic E-state index is 15.5. The van der Waals surface area contributed by atoms with Crippen molar-refractivity contribution in [2.45, 2.75) is 76.8 Å². The fraction of sp³-hybridized carbons (Fsp3) is 0.500. The summed E-state index contributed by atoms with van der Waals surface area (Å²) in [7, 11) is 0. The molecule has 0 N–H and O–H groups in total. The van der Waals surface area contributed by atoms with Gasteiger partial charge in [-0.1, -0.05) is 48.0 Å². The van der Waals surface area contributed by atoms with Crippen molar-refractivity contribution >= 4 is 28.9 Å². The lowest BCUT2D eigenvalue weighted by molar-refractivity contribution is 0.172. The van der Waals surface area contributed by atoms with Gasteiger partial charge in [-0.2, -0.15) is 0 Å². The van der Waals surface area contributed by atoms with E-state index in [0.29, 0.717) is 17.4 Å². The van der Waals surface area contributed by atoms with Crippen LogP contribution >= 0.6 is 23.2 Å². The molecule has 198 valence electrons. The van der Waals surface area contributed by atoms with Crippen molar-refractivity contribution in [2.75, 3.05) is 19.6 Å². The highest BCUT2D eigenvalue weighted by Crippen LogP contribution is 2.44. The smallest absolute Gasteiger partial charge is 0.132 e. The van der Waals surface area contributed by atoms with Gasteiger partial charge in [-0.15, -0.1) is 0 Å². The quantitative estimate of drug-likeness (QED) is 0.293. The molecule has 2 aromatic rings. The zero-order valence-electron chi connectivity index (χ0n) is 22.0. The second-order valence-corrected chi connectivity index (χ2v) is 12.2. The van der Waals surface area contributed by atoms with Crippen LogP contribution in [0.15, 0.2) is 49.1 Å². The van der Waals surface area contributed by atoms with Crippen LogP contribution in [0.3, 0.4) is 0 Å². The van der Waals surface area contributed by atoms with E-state index in [1.807, 2.05) is 24.3 Å². The largest absolute Gasteiger partial charge is 0.365 e. The molecule has 37 heavy (non-hydrogen) atoms. The van der Waals surface area contributed by atoms with Crippen molar-refractivity contribution in [1.82, 2.24) is 9.80 Å². The average molecular weight is 542 g/mol. The summed E-state index contributed by atoms with van der Waals surface area (Å²) in [5, 5.41) is 1.49. The molecule has 3 fully saturated rings. The lowest BCUT2D eigenvalue weighted by Gasteiger charge is -2.32. The monoisotopic (exact) mass is 540 g/mol. The van der Waals surface area contributed by atoms with Gasteiger partial charge in [0.1, 0.15) is 5.82 Å². The first kappa shape index (κ1) is 26.8. The lowest BCUT2D eigenvalue weighted by Crippen LogP contribution is -2.33.